The van der Waals surface area contributed by atoms with Crippen molar-refractivity contribution >= 4 is 12.1 Å². The number of ether oxygens (including phenoxy) is 2. The molecule has 0 saturated carbocycles. The number of esters is 1. The highest BCUT2D eigenvalue weighted by Crippen LogP contribution is 2.38. The van der Waals surface area contributed by atoms with Gasteiger partial charge in [-0.05, 0) is 33.6 Å². The molecule has 2 bridgehead atoms. The van der Waals surface area contributed by atoms with Crippen LogP contribution in [0.1, 0.15) is 47.0 Å². The number of fused-ring (bicyclic) bond motifs is 2. The first-order valence-corrected chi connectivity index (χ1v) is 7.05. The number of aliphatic hydroxyl groups is 1. The molecule has 0 aliphatic carbocycles. The molecule has 0 radical (unpaired) electrons. The second kappa shape index (κ2) is 5.24. The van der Waals surface area contributed by atoms with E-state index in [0.29, 0.717) is 19.3 Å². The normalized spacial score (nSPS) is 33.0. The fourth-order valence-electron chi connectivity index (χ4n) is 3.06. The Morgan fingerprint density at radius 2 is 1.85 bits per heavy atom. The van der Waals surface area contributed by atoms with Crippen molar-refractivity contribution in [2.75, 3.05) is 0 Å². The number of carbonyl (C=O) groups excluding carboxylic acids is 2. The number of aliphatic hydroxyl groups excluding tert-OH is 1. The van der Waals surface area contributed by atoms with Crippen molar-refractivity contribution in [1.29, 1.82) is 0 Å². The molecule has 6 heteroatoms. The first kappa shape index (κ1) is 15.1. The molecule has 1 amide bonds. The Bertz CT molecular complexity index is 403. The molecule has 4 atom stereocenters. The minimum Gasteiger partial charge on any atom is -0.460 e. The lowest BCUT2D eigenvalue weighted by atomic mass is 10.0. The number of hydrogen-bond acceptors (Lipinski definition) is 5. The van der Waals surface area contributed by atoms with Crippen molar-refractivity contribution < 1.29 is 24.2 Å². The third-order valence-corrected chi connectivity index (χ3v) is 3.74. The molecular weight excluding hydrogens is 262 g/mol. The van der Waals surface area contributed by atoms with Gasteiger partial charge in [-0.2, -0.15) is 0 Å². The van der Waals surface area contributed by atoms with Crippen LogP contribution in [0.25, 0.3) is 0 Å². The summed E-state index contributed by atoms with van der Waals surface area (Å²) < 4.78 is 10.7. The first-order valence-electron chi connectivity index (χ1n) is 7.05. The van der Waals surface area contributed by atoms with Gasteiger partial charge < -0.3 is 14.6 Å². The van der Waals surface area contributed by atoms with Crippen LogP contribution in [0.15, 0.2) is 0 Å². The Kier molecular flexibility index (Phi) is 3.95. The van der Waals surface area contributed by atoms with E-state index in [0.717, 1.165) is 0 Å². The molecule has 0 aromatic heterocycles. The summed E-state index contributed by atoms with van der Waals surface area (Å²) in [5.41, 5.74) is -0.587. The summed E-state index contributed by atoms with van der Waals surface area (Å²) in [4.78, 5) is 25.0. The smallest absolute Gasteiger partial charge is 0.411 e. The molecular formula is C14H23NO5. The zero-order valence-electron chi connectivity index (χ0n) is 12.5. The van der Waals surface area contributed by atoms with Gasteiger partial charge >= 0.3 is 12.1 Å². The van der Waals surface area contributed by atoms with Gasteiger partial charge in [-0.25, -0.2) is 4.79 Å². The molecule has 2 rings (SSSR count). The molecule has 0 unspecified atom stereocenters. The first-order chi connectivity index (χ1) is 9.19. The fraction of sp³-hybridized carbons (Fsp3) is 0.857. The van der Waals surface area contributed by atoms with Crippen molar-refractivity contribution in [1.82, 2.24) is 4.90 Å². The van der Waals surface area contributed by atoms with Crippen LogP contribution in [-0.2, 0) is 14.3 Å². The molecule has 0 spiro atoms. The molecule has 2 aliphatic rings. The molecule has 6 nitrogen and oxygen atoms in total. The van der Waals surface area contributed by atoms with E-state index in [1.807, 2.05) is 0 Å². The highest BCUT2D eigenvalue weighted by Gasteiger charge is 2.52. The third-order valence-electron chi connectivity index (χ3n) is 3.74. The van der Waals surface area contributed by atoms with Crippen LogP contribution in [0.3, 0.4) is 0 Å². The largest absolute Gasteiger partial charge is 0.460 e. The quantitative estimate of drug-likeness (QED) is 0.738. The summed E-state index contributed by atoms with van der Waals surface area (Å²) in [7, 11) is 0. The highest BCUT2D eigenvalue weighted by atomic mass is 16.6. The van der Waals surface area contributed by atoms with E-state index in [9.17, 15) is 14.7 Å². The minimum atomic E-state index is -0.587. The number of piperidine rings is 1. The summed E-state index contributed by atoms with van der Waals surface area (Å²) in [6.45, 7) is 6.76. The SMILES string of the molecule is CC(=O)O[C@H]1C[C@@H]2[C@@H](O)CC[C@H]1N2C(=O)OC(C)(C)C. The van der Waals surface area contributed by atoms with Gasteiger partial charge in [-0.15, -0.1) is 0 Å². The van der Waals surface area contributed by atoms with E-state index in [1.165, 1.54) is 6.92 Å². The van der Waals surface area contributed by atoms with E-state index in [4.69, 9.17) is 9.47 Å². The monoisotopic (exact) mass is 285 g/mol. The van der Waals surface area contributed by atoms with Crippen LogP contribution in [0.2, 0.25) is 0 Å². The van der Waals surface area contributed by atoms with Crippen molar-refractivity contribution in [2.45, 2.75) is 76.9 Å². The van der Waals surface area contributed by atoms with Gasteiger partial charge in [0.05, 0.1) is 18.2 Å². The van der Waals surface area contributed by atoms with E-state index in [2.05, 4.69) is 0 Å². The molecule has 0 aromatic rings. The van der Waals surface area contributed by atoms with E-state index >= 15 is 0 Å². The van der Waals surface area contributed by atoms with Crippen LogP contribution in [0.5, 0.6) is 0 Å². The lowest BCUT2D eigenvalue weighted by molar-refractivity contribution is -0.147. The molecule has 2 heterocycles. The van der Waals surface area contributed by atoms with Crippen molar-refractivity contribution in [3.8, 4) is 0 Å². The maximum absolute atomic E-state index is 12.3. The van der Waals surface area contributed by atoms with E-state index in [1.54, 1.807) is 25.7 Å². The molecule has 2 fully saturated rings. The van der Waals surface area contributed by atoms with Crippen LogP contribution in [0, 0.1) is 0 Å². The van der Waals surface area contributed by atoms with Crippen LogP contribution >= 0.6 is 0 Å². The number of carbonyl (C=O) groups is 2. The summed E-state index contributed by atoms with van der Waals surface area (Å²) in [6, 6.07) is -0.518. The van der Waals surface area contributed by atoms with Gasteiger partial charge in [0, 0.05) is 13.3 Å². The van der Waals surface area contributed by atoms with Crippen molar-refractivity contribution in [2.24, 2.45) is 0 Å². The maximum atomic E-state index is 12.3. The lowest BCUT2D eigenvalue weighted by Gasteiger charge is -2.38. The third kappa shape index (κ3) is 3.06. The Morgan fingerprint density at radius 1 is 1.20 bits per heavy atom. The number of rotatable bonds is 1. The molecule has 0 aromatic carbocycles. The maximum Gasteiger partial charge on any atom is 0.411 e. The number of nitrogens with zero attached hydrogens (tertiary/aromatic N) is 1. The number of hydrogen-bond donors (Lipinski definition) is 1. The molecule has 1 N–H and O–H groups in total. The Balaban J connectivity index is 2.15. The second-order valence-electron chi connectivity index (χ2n) is 6.55. The zero-order valence-corrected chi connectivity index (χ0v) is 12.5. The lowest BCUT2D eigenvalue weighted by Crippen LogP contribution is -2.53. The highest BCUT2D eigenvalue weighted by molar-refractivity contribution is 5.71. The average Bonchev–Trinajstić information content (AvgIpc) is 2.54. The molecule has 114 valence electrons. The summed E-state index contributed by atoms with van der Waals surface area (Å²) >= 11 is 0. The number of amides is 1. The van der Waals surface area contributed by atoms with Gasteiger partial charge in [-0.3, -0.25) is 9.69 Å². The second-order valence-corrected chi connectivity index (χ2v) is 6.55. The van der Waals surface area contributed by atoms with Crippen molar-refractivity contribution in [3.63, 3.8) is 0 Å². The Morgan fingerprint density at radius 3 is 2.40 bits per heavy atom. The summed E-state index contributed by atoms with van der Waals surface area (Å²) in [5, 5.41) is 10.1. The van der Waals surface area contributed by atoms with Crippen LogP contribution < -0.4 is 0 Å². The van der Waals surface area contributed by atoms with Crippen molar-refractivity contribution in [3.05, 3.63) is 0 Å². The van der Waals surface area contributed by atoms with Gasteiger partial charge in [0.1, 0.15) is 11.7 Å². The predicted molar refractivity (Wildman–Crippen MR) is 71.1 cm³/mol. The standard InChI is InChI=1S/C14H23NO5/c1-8(16)19-12-7-10-11(17)6-5-9(12)15(10)13(18)20-14(2,3)4/h9-12,17H,5-7H2,1-4H3/t9-,10-,11+,12+/m1/s1. The molecule has 2 saturated heterocycles. The van der Waals surface area contributed by atoms with Gasteiger partial charge in [0.15, 0.2) is 0 Å². The fourth-order valence-corrected chi connectivity index (χ4v) is 3.06. The Labute approximate surface area is 119 Å². The summed E-state index contributed by atoms with van der Waals surface area (Å²) in [5.74, 6) is -0.360. The predicted octanol–water partition coefficient (Wildman–Crippen LogP) is 1.45. The summed E-state index contributed by atoms with van der Waals surface area (Å²) in [6.07, 6.45) is 0.341. The topological polar surface area (TPSA) is 76.1 Å². The zero-order chi connectivity index (χ0) is 15.1. The van der Waals surface area contributed by atoms with Gasteiger partial charge in [0.25, 0.3) is 0 Å². The van der Waals surface area contributed by atoms with E-state index in [-0.39, 0.29) is 24.2 Å². The average molecular weight is 285 g/mol. The van der Waals surface area contributed by atoms with Gasteiger partial charge in [0.2, 0.25) is 0 Å². The molecule has 20 heavy (non-hydrogen) atoms. The van der Waals surface area contributed by atoms with E-state index < -0.39 is 17.8 Å². The van der Waals surface area contributed by atoms with Crippen LogP contribution in [-0.4, -0.2) is 52.0 Å². The minimum absolute atomic E-state index is 0.192. The molecule has 2 aliphatic heterocycles. The van der Waals surface area contributed by atoms with Crippen LogP contribution in [0.4, 0.5) is 4.79 Å². The van der Waals surface area contributed by atoms with Gasteiger partial charge in [-0.1, -0.05) is 0 Å². The Hall–Kier alpha value is -1.30.